The van der Waals surface area contributed by atoms with Crippen molar-refractivity contribution in [3.8, 4) is 0 Å². The number of aliphatic hydroxyl groups excluding tert-OH is 1. The Labute approximate surface area is 95.7 Å². The van der Waals surface area contributed by atoms with Crippen molar-refractivity contribution in [1.29, 1.82) is 0 Å². The summed E-state index contributed by atoms with van der Waals surface area (Å²) < 4.78 is 0. The molecule has 3 nitrogen and oxygen atoms in total. The Hall–Kier alpha value is -1.35. The highest BCUT2D eigenvalue weighted by molar-refractivity contribution is 5.77. The molecule has 1 unspecified atom stereocenters. The zero-order valence-electron chi connectivity index (χ0n) is 9.52. The summed E-state index contributed by atoms with van der Waals surface area (Å²) in [5, 5.41) is 9.35. The lowest BCUT2D eigenvalue weighted by Crippen LogP contribution is -2.40. The SMILES string of the molecule is Cc1ccc(CN2CCC(O)CC2=O)cc1. The quantitative estimate of drug-likeness (QED) is 0.818. The van der Waals surface area contributed by atoms with E-state index in [0.29, 0.717) is 19.5 Å². The second-order valence-electron chi connectivity index (χ2n) is 4.45. The summed E-state index contributed by atoms with van der Waals surface area (Å²) in [6.45, 7) is 3.37. The van der Waals surface area contributed by atoms with Crippen LogP contribution in [0.4, 0.5) is 0 Å². The van der Waals surface area contributed by atoms with E-state index in [1.807, 2.05) is 24.0 Å². The van der Waals surface area contributed by atoms with Crippen LogP contribution in [0.5, 0.6) is 0 Å². The van der Waals surface area contributed by atoms with E-state index < -0.39 is 6.10 Å². The predicted molar refractivity (Wildman–Crippen MR) is 61.8 cm³/mol. The highest BCUT2D eigenvalue weighted by atomic mass is 16.3. The molecule has 1 saturated heterocycles. The molecule has 1 N–H and O–H groups in total. The zero-order chi connectivity index (χ0) is 11.5. The number of nitrogens with zero attached hydrogens (tertiary/aromatic N) is 1. The van der Waals surface area contributed by atoms with Crippen molar-refractivity contribution in [2.24, 2.45) is 0 Å². The van der Waals surface area contributed by atoms with Crippen LogP contribution in [0.3, 0.4) is 0 Å². The van der Waals surface area contributed by atoms with Crippen LogP contribution in [0.2, 0.25) is 0 Å². The summed E-state index contributed by atoms with van der Waals surface area (Å²) in [6.07, 6.45) is 0.519. The molecule has 0 bridgehead atoms. The standard InChI is InChI=1S/C13H17NO2/c1-10-2-4-11(5-3-10)9-14-7-6-12(15)8-13(14)16/h2-5,12,15H,6-9H2,1H3. The third kappa shape index (κ3) is 2.61. The molecular weight excluding hydrogens is 202 g/mol. The van der Waals surface area contributed by atoms with Gasteiger partial charge in [0.15, 0.2) is 0 Å². The van der Waals surface area contributed by atoms with Gasteiger partial charge in [-0.3, -0.25) is 4.79 Å². The van der Waals surface area contributed by atoms with Crippen molar-refractivity contribution in [1.82, 2.24) is 4.90 Å². The van der Waals surface area contributed by atoms with E-state index in [4.69, 9.17) is 0 Å². The number of aliphatic hydroxyl groups is 1. The van der Waals surface area contributed by atoms with Gasteiger partial charge in [-0.2, -0.15) is 0 Å². The normalized spacial score (nSPS) is 21.2. The van der Waals surface area contributed by atoms with Gasteiger partial charge in [-0.05, 0) is 18.9 Å². The van der Waals surface area contributed by atoms with E-state index >= 15 is 0 Å². The predicted octanol–water partition coefficient (Wildman–Crippen LogP) is 1.48. The van der Waals surface area contributed by atoms with E-state index in [9.17, 15) is 9.90 Å². The van der Waals surface area contributed by atoms with Crippen molar-refractivity contribution >= 4 is 5.91 Å². The van der Waals surface area contributed by atoms with Crippen LogP contribution in [0.1, 0.15) is 24.0 Å². The fourth-order valence-electron chi connectivity index (χ4n) is 1.94. The molecule has 1 aromatic carbocycles. The van der Waals surface area contributed by atoms with Crippen LogP contribution < -0.4 is 0 Å². The molecule has 0 aromatic heterocycles. The van der Waals surface area contributed by atoms with Crippen LogP contribution in [0.25, 0.3) is 0 Å². The van der Waals surface area contributed by atoms with Crippen LogP contribution >= 0.6 is 0 Å². The summed E-state index contributed by atoms with van der Waals surface area (Å²) >= 11 is 0. The summed E-state index contributed by atoms with van der Waals surface area (Å²) in [7, 11) is 0. The van der Waals surface area contributed by atoms with Gasteiger partial charge < -0.3 is 10.0 Å². The second kappa shape index (κ2) is 4.66. The van der Waals surface area contributed by atoms with Crippen molar-refractivity contribution < 1.29 is 9.90 Å². The Bertz CT molecular complexity index is 372. The van der Waals surface area contributed by atoms with Crippen molar-refractivity contribution in [3.63, 3.8) is 0 Å². The first-order chi connectivity index (χ1) is 7.65. The Balaban J connectivity index is 1.99. The van der Waals surface area contributed by atoms with Gasteiger partial charge in [0.05, 0.1) is 12.5 Å². The van der Waals surface area contributed by atoms with E-state index in [1.165, 1.54) is 5.56 Å². The minimum Gasteiger partial charge on any atom is -0.393 e. The number of likely N-dealkylation sites (tertiary alicyclic amines) is 1. The van der Waals surface area contributed by atoms with Crippen LogP contribution in [0.15, 0.2) is 24.3 Å². The van der Waals surface area contributed by atoms with Crippen LogP contribution in [0, 0.1) is 6.92 Å². The maximum atomic E-state index is 11.6. The van der Waals surface area contributed by atoms with Gasteiger partial charge in [-0.15, -0.1) is 0 Å². The summed E-state index contributed by atoms with van der Waals surface area (Å²) in [5.41, 5.74) is 2.37. The maximum absolute atomic E-state index is 11.6. The molecule has 0 radical (unpaired) electrons. The minimum atomic E-state index is -0.443. The zero-order valence-corrected chi connectivity index (χ0v) is 9.52. The third-order valence-corrected chi connectivity index (χ3v) is 2.99. The molecule has 1 atom stereocenters. The first kappa shape index (κ1) is 11.1. The number of benzene rings is 1. The van der Waals surface area contributed by atoms with Gasteiger partial charge in [-0.1, -0.05) is 29.8 Å². The molecule has 1 fully saturated rings. The molecule has 3 heteroatoms. The molecule has 1 aliphatic heterocycles. The number of hydrogen-bond acceptors (Lipinski definition) is 2. The van der Waals surface area contributed by atoms with Crippen molar-refractivity contribution in [2.75, 3.05) is 6.54 Å². The van der Waals surface area contributed by atoms with E-state index in [1.54, 1.807) is 0 Å². The molecule has 1 aliphatic rings. The Morgan fingerprint density at radius 3 is 2.69 bits per heavy atom. The maximum Gasteiger partial charge on any atom is 0.225 e. The summed E-state index contributed by atoms with van der Waals surface area (Å²) in [6, 6.07) is 8.21. The highest BCUT2D eigenvalue weighted by Gasteiger charge is 2.23. The Morgan fingerprint density at radius 1 is 1.38 bits per heavy atom. The Kier molecular flexibility index (Phi) is 3.25. The lowest BCUT2D eigenvalue weighted by molar-refractivity contribution is -0.137. The molecule has 1 heterocycles. The van der Waals surface area contributed by atoms with Crippen LogP contribution in [-0.4, -0.2) is 28.6 Å². The summed E-state index contributed by atoms with van der Waals surface area (Å²) in [4.78, 5) is 13.5. The minimum absolute atomic E-state index is 0.0549. The second-order valence-corrected chi connectivity index (χ2v) is 4.45. The fourth-order valence-corrected chi connectivity index (χ4v) is 1.94. The molecule has 0 spiro atoms. The van der Waals surface area contributed by atoms with Gasteiger partial charge in [0.1, 0.15) is 0 Å². The van der Waals surface area contributed by atoms with Gasteiger partial charge in [0.25, 0.3) is 0 Å². The van der Waals surface area contributed by atoms with Gasteiger partial charge in [0.2, 0.25) is 5.91 Å². The average molecular weight is 219 g/mol. The van der Waals surface area contributed by atoms with Gasteiger partial charge >= 0.3 is 0 Å². The molecule has 0 saturated carbocycles. The average Bonchev–Trinajstić information content (AvgIpc) is 2.25. The van der Waals surface area contributed by atoms with Gasteiger partial charge in [-0.25, -0.2) is 0 Å². The topological polar surface area (TPSA) is 40.5 Å². The first-order valence-electron chi connectivity index (χ1n) is 5.66. The molecule has 2 rings (SSSR count). The van der Waals surface area contributed by atoms with E-state index in [0.717, 1.165) is 5.56 Å². The smallest absolute Gasteiger partial charge is 0.225 e. The summed E-state index contributed by atoms with van der Waals surface area (Å²) in [5.74, 6) is 0.0549. The van der Waals surface area contributed by atoms with E-state index in [-0.39, 0.29) is 12.3 Å². The number of piperidine rings is 1. The molecule has 1 aromatic rings. The first-order valence-corrected chi connectivity index (χ1v) is 5.66. The van der Waals surface area contributed by atoms with Crippen LogP contribution in [-0.2, 0) is 11.3 Å². The van der Waals surface area contributed by atoms with Gasteiger partial charge in [0, 0.05) is 13.1 Å². The number of amides is 1. The number of rotatable bonds is 2. The number of aryl methyl sites for hydroxylation is 1. The molecule has 0 aliphatic carbocycles. The van der Waals surface area contributed by atoms with Crippen molar-refractivity contribution in [2.45, 2.75) is 32.4 Å². The number of carbonyl (C=O) groups is 1. The molecule has 86 valence electrons. The van der Waals surface area contributed by atoms with E-state index in [2.05, 4.69) is 12.1 Å². The molecule has 16 heavy (non-hydrogen) atoms. The third-order valence-electron chi connectivity index (χ3n) is 2.99. The fraction of sp³-hybridized carbons (Fsp3) is 0.462. The largest absolute Gasteiger partial charge is 0.393 e. The lowest BCUT2D eigenvalue weighted by Gasteiger charge is -2.29. The molecular formula is C13H17NO2. The van der Waals surface area contributed by atoms with Crippen molar-refractivity contribution in [3.05, 3.63) is 35.4 Å². The molecule has 1 amide bonds. The lowest BCUT2D eigenvalue weighted by atomic mass is 10.1. The number of hydrogen-bond donors (Lipinski definition) is 1. The number of carbonyl (C=O) groups excluding carboxylic acids is 1. The highest BCUT2D eigenvalue weighted by Crippen LogP contribution is 2.15. The monoisotopic (exact) mass is 219 g/mol. The Morgan fingerprint density at radius 2 is 2.06 bits per heavy atom.